The average Bonchev–Trinajstić information content (AvgIpc) is 3.04. The van der Waals surface area contributed by atoms with Crippen molar-refractivity contribution in [3.8, 4) is 22.6 Å². The Kier molecular flexibility index (Phi) is 5.06. The third-order valence-electron chi connectivity index (χ3n) is 4.02. The molecule has 1 aromatic carbocycles. The molecule has 7 heteroatoms. The molecule has 3 aromatic rings. The molecule has 2 aromatic heterocycles. The molecule has 2 heterocycles. The zero-order chi connectivity index (χ0) is 18.0. The second-order valence-corrected chi connectivity index (χ2v) is 6.50. The fraction of sp³-hybridized carbons (Fsp3) is 0.333. The lowest BCUT2D eigenvalue weighted by Crippen LogP contribution is -2.23. The van der Waals surface area contributed by atoms with E-state index in [1.54, 1.807) is 25.6 Å². The van der Waals surface area contributed by atoms with Gasteiger partial charge in [-0.2, -0.15) is 0 Å². The van der Waals surface area contributed by atoms with E-state index in [2.05, 4.69) is 15.3 Å². The molecule has 0 fully saturated rings. The monoisotopic (exact) mass is 359 g/mol. The van der Waals surface area contributed by atoms with Crippen LogP contribution in [0.15, 0.2) is 23.6 Å². The number of hydrogen-bond donors (Lipinski definition) is 1. The van der Waals surface area contributed by atoms with E-state index in [1.807, 2.05) is 37.1 Å². The highest BCUT2D eigenvalue weighted by Crippen LogP contribution is 2.40. The lowest BCUT2D eigenvalue weighted by molar-refractivity contribution is 0.304. The Labute approximate surface area is 150 Å². The smallest absolute Gasteiger partial charge is 0.161 e. The van der Waals surface area contributed by atoms with Gasteiger partial charge in [0.1, 0.15) is 16.5 Å². The number of rotatable bonds is 6. The van der Waals surface area contributed by atoms with Crippen molar-refractivity contribution < 1.29 is 14.6 Å². The van der Waals surface area contributed by atoms with Crippen molar-refractivity contribution in [1.29, 1.82) is 0 Å². The number of anilines is 1. The summed E-state index contributed by atoms with van der Waals surface area (Å²) in [6.07, 6.45) is 0. The van der Waals surface area contributed by atoms with Gasteiger partial charge in [-0.15, -0.1) is 11.3 Å². The molecule has 0 spiro atoms. The molecule has 0 amide bonds. The van der Waals surface area contributed by atoms with Crippen LogP contribution in [0.25, 0.3) is 21.3 Å². The molecule has 0 radical (unpaired) electrons. The summed E-state index contributed by atoms with van der Waals surface area (Å²) in [4.78, 5) is 12.1. The normalized spacial score (nSPS) is 10.9. The van der Waals surface area contributed by atoms with Gasteiger partial charge in [0.2, 0.25) is 0 Å². The Bertz CT molecular complexity index is 895. The molecule has 0 aliphatic carbocycles. The lowest BCUT2D eigenvalue weighted by atomic mass is 10.0. The van der Waals surface area contributed by atoms with Crippen molar-refractivity contribution in [1.82, 2.24) is 9.97 Å². The van der Waals surface area contributed by atoms with Crippen molar-refractivity contribution in [2.45, 2.75) is 6.92 Å². The highest BCUT2D eigenvalue weighted by molar-refractivity contribution is 7.17. The zero-order valence-corrected chi connectivity index (χ0v) is 15.6. The first-order chi connectivity index (χ1) is 12.1. The van der Waals surface area contributed by atoms with Crippen LogP contribution in [0.3, 0.4) is 0 Å². The average molecular weight is 359 g/mol. The van der Waals surface area contributed by atoms with Crippen molar-refractivity contribution in [3.05, 3.63) is 29.4 Å². The summed E-state index contributed by atoms with van der Waals surface area (Å²) in [7, 11) is 5.17. The van der Waals surface area contributed by atoms with E-state index < -0.39 is 0 Å². The van der Waals surface area contributed by atoms with Crippen LogP contribution in [0.5, 0.6) is 11.5 Å². The van der Waals surface area contributed by atoms with E-state index in [4.69, 9.17) is 9.47 Å². The number of methoxy groups -OCH3 is 2. The summed E-state index contributed by atoms with van der Waals surface area (Å²) in [6.45, 7) is 2.45. The number of hydrogen-bond acceptors (Lipinski definition) is 7. The van der Waals surface area contributed by atoms with E-state index >= 15 is 0 Å². The molecule has 3 rings (SSSR count). The number of likely N-dealkylation sites (N-methyl/N-ethyl adjacent to an activating group) is 1. The maximum absolute atomic E-state index is 9.29. The number of aliphatic hydroxyl groups is 1. The quantitative estimate of drug-likeness (QED) is 0.729. The van der Waals surface area contributed by atoms with Crippen LogP contribution in [0.1, 0.15) is 5.82 Å². The maximum atomic E-state index is 9.29. The van der Waals surface area contributed by atoms with Gasteiger partial charge in [-0.05, 0) is 24.6 Å². The van der Waals surface area contributed by atoms with Gasteiger partial charge in [0.15, 0.2) is 11.5 Å². The first-order valence-electron chi connectivity index (χ1n) is 7.89. The highest BCUT2D eigenvalue weighted by atomic mass is 32.1. The number of fused-ring (bicyclic) bond motifs is 1. The van der Waals surface area contributed by atoms with Crippen LogP contribution < -0.4 is 14.4 Å². The largest absolute Gasteiger partial charge is 0.493 e. The molecule has 0 unspecified atom stereocenters. The standard InChI is InChI=1S/C18H21N3O3S/c1-11-19-17(21(2)7-8-22)16-13(10-25-18(16)20-11)12-5-6-14(23-3)15(9-12)24-4/h5-6,9-10,22H,7-8H2,1-4H3. The van der Waals surface area contributed by atoms with Crippen molar-refractivity contribution >= 4 is 27.4 Å². The lowest BCUT2D eigenvalue weighted by Gasteiger charge is -2.19. The van der Waals surface area contributed by atoms with E-state index in [1.165, 1.54) is 0 Å². The topological polar surface area (TPSA) is 67.7 Å². The number of thiophene rings is 1. The summed E-state index contributed by atoms with van der Waals surface area (Å²) in [5.74, 6) is 2.91. The van der Waals surface area contributed by atoms with E-state index in [9.17, 15) is 5.11 Å². The summed E-state index contributed by atoms with van der Waals surface area (Å²) in [5, 5.41) is 12.4. The maximum Gasteiger partial charge on any atom is 0.161 e. The van der Waals surface area contributed by atoms with E-state index in [0.717, 1.165) is 27.2 Å². The van der Waals surface area contributed by atoms with Crippen LogP contribution in [-0.4, -0.2) is 49.5 Å². The van der Waals surface area contributed by atoms with Gasteiger partial charge in [-0.3, -0.25) is 0 Å². The molecule has 25 heavy (non-hydrogen) atoms. The van der Waals surface area contributed by atoms with E-state index in [-0.39, 0.29) is 6.61 Å². The van der Waals surface area contributed by atoms with Crippen molar-refractivity contribution in [2.75, 3.05) is 39.3 Å². The number of aryl methyl sites for hydroxylation is 1. The minimum Gasteiger partial charge on any atom is -0.493 e. The zero-order valence-electron chi connectivity index (χ0n) is 14.7. The third-order valence-corrected chi connectivity index (χ3v) is 4.89. The third kappa shape index (κ3) is 3.25. The first kappa shape index (κ1) is 17.4. The molecule has 0 atom stereocenters. The molecule has 132 valence electrons. The number of ether oxygens (including phenoxy) is 2. The summed E-state index contributed by atoms with van der Waals surface area (Å²) in [6, 6.07) is 5.85. The fourth-order valence-corrected chi connectivity index (χ4v) is 3.76. The SMILES string of the molecule is COc1ccc(-c2csc3nc(C)nc(N(C)CCO)c23)cc1OC. The number of nitrogens with zero attached hydrogens (tertiary/aromatic N) is 3. The highest BCUT2D eigenvalue weighted by Gasteiger charge is 2.18. The van der Waals surface area contributed by atoms with Gasteiger partial charge in [0, 0.05) is 24.5 Å². The van der Waals surface area contributed by atoms with Gasteiger partial charge >= 0.3 is 0 Å². The minimum atomic E-state index is 0.0663. The predicted molar refractivity (Wildman–Crippen MR) is 101 cm³/mol. The molecule has 0 saturated heterocycles. The van der Waals surface area contributed by atoms with Crippen LogP contribution in [0.4, 0.5) is 5.82 Å². The summed E-state index contributed by atoms with van der Waals surface area (Å²) < 4.78 is 10.7. The first-order valence-corrected chi connectivity index (χ1v) is 8.77. The van der Waals surface area contributed by atoms with Crippen LogP contribution in [0, 0.1) is 6.92 Å². The Hall–Kier alpha value is -2.38. The molecular weight excluding hydrogens is 338 g/mol. The fourth-order valence-electron chi connectivity index (χ4n) is 2.78. The van der Waals surface area contributed by atoms with Crippen LogP contribution in [-0.2, 0) is 0 Å². The summed E-state index contributed by atoms with van der Waals surface area (Å²) >= 11 is 1.58. The van der Waals surface area contributed by atoms with Crippen molar-refractivity contribution in [2.24, 2.45) is 0 Å². The van der Waals surface area contributed by atoms with Crippen LogP contribution in [0.2, 0.25) is 0 Å². The summed E-state index contributed by atoms with van der Waals surface area (Å²) in [5.41, 5.74) is 2.05. The van der Waals surface area contributed by atoms with Gasteiger partial charge in [-0.25, -0.2) is 9.97 Å². The minimum absolute atomic E-state index is 0.0663. The number of benzene rings is 1. The second kappa shape index (κ2) is 7.25. The van der Waals surface area contributed by atoms with Crippen molar-refractivity contribution in [3.63, 3.8) is 0 Å². The Morgan fingerprint density at radius 3 is 2.60 bits per heavy atom. The predicted octanol–water partition coefficient (Wildman–Crippen LogP) is 3.11. The van der Waals surface area contributed by atoms with Gasteiger partial charge < -0.3 is 19.5 Å². The molecule has 0 saturated carbocycles. The molecular formula is C18H21N3O3S. The molecule has 1 N–H and O–H groups in total. The second-order valence-electron chi connectivity index (χ2n) is 5.64. The Balaban J connectivity index is 2.20. The van der Waals surface area contributed by atoms with Gasteiger partial charge in [0.05, 0.1) is 26.2 Å². The van der Waals surface area contributed by atoms with Crippen LogP contribution >= 0.6 is 11.3 Å². The molecule has 0 bridgehead atoms. The molecule has 0 aliphatic heterocycles. The van der Waals surface area contributed by atoms with Gasteiger partial charge in [-0.1, -0.05) is 6.07 Å². The number of aromatic nitrogens is 2. The molecule has 6 nitrogen and oxygen atoms in total. The van der Waals surface area contributed by atoms with E-state index in [0.29, 0.717) is 23.9 Å². The number of aliphatic hydroxyl groups excluding tert-OH is 1. The Morgan fingerprint density at radius 1 is 1.16 bits per heavy atom. The Morgan fingerprint density at radius 2 is 1.92 bits per heavy atom. The molecule has 0 aliphatic rings. The van der Waals surface area contributed by atoms with Gasteiger partial charge in [0.25, 0.3) is 0 Å².